The van der Waals surface area contributed by atoms with Crippen LogP contribution in [0.5, 0.6) is 5.75 Å². The molecule has 1 heterocycles. The molecule has 0 saturated heterocycles. The van der Waals surface area contributed by atoms with Gasteiger partial charge in [0.05, 0.1) is 22.6 Å². The molecule has 5 aromatic rings. The molecule has 0 radical (unpaired) electrons. The first-order valence-electron chi connectivity index (χ1n) is 14.5. The summed E-state index contributed by atoms with van der Waals surface area (Å²) in [6.07, 6.45) is 0.307. The second kappa shape index (κ2) is 15.5. The number of nitrogens with one attached hydrogen (secondary N) is 1. The number of amides is 2. The van der Waals surface area contributed by atoms with Gasteiger partial charge in [-0.2, -0.15) is 0 Å². The molecule has 0 unspecified atom stereocenters. The molecule has 12 heteroatoms. The van der Waals surface area contributed by atoms with E-state index in [0.29, 0.717) is 51.7 Å². The normalized spacial score (nSPS) is 10.4. The van der Waals surface area contributed by atoms with Gasteiger partial charge in [0.15, 0.2) is 6.73 Å². The molecule has 0 spiro atoms. The average Bonchev–Trinajstić information content (AvgIpc) is 3.10. The Balaban J connectivity index is 1.37. The first kappa shape index (κ1) is 31.9. The number of hydrogen-bond acceptors (Lipinski definition) is 8. The van der Waals surface area contributed by atoms with E-state index in [-0.39, 0.29) is 24.3 Å². The summed E-state index contributed by atoms with van der Waals surface area (Å²) in [7, 11) is 0. The highest BCUT2D eigenvalue weighted by molar-refractivity contribution is 6.06. The molecule has 1 aromatic heterocycles. The van der Waals surface area contributed by atoms with Crippen LogP contribution in [0.4, 0.5) is 5.69 Å². The van der Waals surface area contributed by atoms with Crippen molar-refractivity contribution in [1.29, 1.82) is 0 Å². The van der Waals surface area contributed by atoms with Crippen LogP contribution in [0.1, 0.15) is 38.3 Å². The van der Waals surface area contributed by atoms with Gasteiger partial charge in [-0.25, -0.2) is 4.79 Å². The molecule has 5 rings (SSSR count). The molecule has 12 nitrogen and oxygen atoms in total. The zero-order valence-corrected chi connectivity index (χ0v) is 25.1. The number of aromatic nitrogens is 2. The van der Waals surface area contributed by atoms with Gasteiger partial charge in [0.1, 0.15) is 12.4 Å². The third kappa shape index (κ3) is 8.56. The number of nitrogens with two attached hydrogens (primary N) is 1. The zero-order chi connectivity index (χ0) is 33.0. The lowest BCUT2D eigenvalue weighted by atomic mass is 9.98. The van der Waals surface area contributed by atoms with Crippen molar-refractivity contribution in [3.05, 3.63) is 142 Å². The average molecular weight is 628 g/mol. The van der Waals surface area contributed by atoms with Crippen molar-refractivity contribution in [2.45, 2.75) is 19.4 Å². The number of para-hydroxylation sites is 1. The SMILES string of the molecule is [N-]=[N+]=NCOC(=O)c1cccc(-c2nnc(-c3ccccc3NC(=O)c3ccc(OCc4ccccc4)cc3)cc2CCC(N)=O)c1. The number of carbonyl (C=O) groups is 3. The van der Waals surface area contributed by atoms with Crippen LogP contribution in [-0.2, 0) is 22.6 Å². The molecular formula is C35H29N7O5. The summed E-state index contributed by atoms with van der Waals surface area (Å²) in [5.74, 6) is -0.856. The molecule has 2 amide bonds. The number of benzene rings is 4. The van der Waals surface area contributed by atoms with E-state index >= 15 is 0 Å². The molecular weight excluding hydrogens is 598 g/mol. The Morgan fingerprint density at radius 3 is 2.38 bits per heavy atom. The molecule has 0 bridgehead atoms. The first-order chi connectivity index (χ1) is 22.9. The van der Waals surface area contributed by atoms with Crippen LogP contribution in [0.25, 0.3) is 33.0 Å². The Hall–Kier alpha value is -6.52. The van der Waals surface area contributed by atoms with E-state index in [9.17, 15) is 14.4 Å². The summed E-state index contributed by atoms with van der Waals surface area (Å²) in [4.78, 5) is 39.9. The quantitative estimate of drug-likeness (QED) is 0.0647. The van der Waals surface area contributed by atoms with Gasteiger partial charge in [-0.3, -0.25) is 9.59 Å². The lowest BCUT2D eigenvalue weighted by Crippen LogP contribution is -2.13. The van der Waals surface area contributed by atoms with E-state index in [2.05, 4.69) is 25.5 Å². The molecule has 3 N–H and O–H groups in total. The highest BCUT2D eigenvalue weighted by Crippen LogP contribution is 2.31. The summed E-state index contributed by atoms with van der Waals surface area (Å²) in [5, 5.41) is 15.1. The van der Waals surface area contributed by atoms with Crippen molar-refractivity contribution in [2.75, 3.05) is 12.0 Å². The van der Waals surface area contributed by atoms with Gasteiger partial charge >= 0.3 is 5.97 Å². The molecule has 0 aliphatic heterocycles. The number of ether oxygens (including phenoxy) is 2. The number of primary amides is 1. The Morgan fingerprint density at radius 1 is 0.851 bits per heavy atom. The first-order valence-corrected chi connectivity index (χ1v) is 14.5. The number of rotatable bonds is 13. The molecule has 0 saturated carbocycles. The van der Waals surface area contributed by atoms with Gasteiger partial charge in [-0.15, -0.1) is 10.2 Å². The summed E-state index contributed by atoms with van der Waals surface area (Å²) in [6, 6.07) is 32.1. The molecule has 0 aliphatic carbocycles. The standard InChI is InChI=1S/C35H29N7O5/c36-32(43)18-15-26-20-31(40-41-33(26)25-9-6-10-27(19-25)35(45)47-22-38-42-37)29-11-4-5-12-30(29)39-34(44)24-13-16-28(17-14-24)46-21-23-7-2-1-3-8-23/h1-14,16-17,19-20H,15,18,21-22H2,(H2,36,43)(H,39,44). The zero-order valence-electron chi connectivity index (χ0n) is 25.1. The van der Waals surface area contributed by atoms with Crippen molar-refractivity contribution < 1.29 is 23.9 Å². The number of carbonyl (C=O) groups excluding carboxylic acids is 3. The smallest absolute Gasteiger partial charge is 0.338 e. The van der Waals surface area contributed by atoms with Crippen molar-refractivity contribution in [3.63, 3.8) is 0 Å². The minimum atomic E-state index is -0.679. The van der Waals surface area contributed by atoms with Crippen LogP contribution in [0.2, 0.25) is 0 Å². The number of anilines is 1. The van der Waals surface area contributed by atoms with Gasteiger partial charge in [0, 0.05) is 28.0 Å². The second-order valence-electron chi connectivity index (χ2n) is 10.2. The number of nitrogens with zero attached hydrogens (tertiary/aromatic N) is 5. The molecule has 4 aromatic carbocycles. The number of aryl methyl sites for hydroxylation is 1. The van der Waals surface area contributed by atoms with Gasteiger partial charge in [-0.1, -0.05) is 65.8 Å². The maximum absolute atomic E-state index is 13.2. The Morgan fingerprint density at radius 2 is 1.62 bits per heavy atom. The van der Waals surface area contributed by atoms with E-state index in [0.717, 1.165) is 5.56 Å². The fourth-order valence-electron chi connectivity index (χ4n) is 4.70. The van der Waals surface area contributed by atoms with Crippen molar-refractivity contribution in [1.82, 2.24) is 10.2 Å². The summed E-state index contributed by atoms with van der Waals surface area (Å²) >= 11 is 0. The van der Waals surface area contributed by atoms with Gasteiger partial charge < -0.3 is 20.5 Å². The highest BCUT2D eigenvalue weighted by atomic mass is 16.5. The number of azide groups is 1. The van der Waals surface area contributed by atoms with Crippen LogP contribution in [0.15, 0.2) is 114 Å². The molecule has 0 atom stereocenters. The maximum atomic E-state index is 13.2. The van der Waals surface area contributed by atoms with Gasteiger partial charge in [0.25, 0.3) is 5.91 Å². The lowest BCUT2D eigenvalue weighted by molar-refractivity contribution is -0.118. The molecule has 0 fully saturated rings. The van der Waals surface area contributed by atoms with E-state index in [1.807, 2.05) is 36.4 Å². The molecule has 47 heavy (non-hydrogen) atoms. The Labute approximate surface area is 269 Å². The van der Waals surface area contributed by atoms with E-state index in [1.54, 1.807) is 72.8 Å². The molecule has 0 aliphatic rings. The largest absolute Gasteiger partial charge is 0.489 e. The predicted octanol–water partition coefficient (Wildman–Crippen LogP) is 6.48. The minimum absolute atomic E-state index is 0.0511. The highest BCUT2D eigenvalue weighted by Gasteiger charge is 2.17. The Kier molecular flexibility index (Phi) is 10.5. The minimum Gasteiger partial charge on any atom is -0.489 e. The van der Waals surface area contributed by atoms with Crippen LogP contribution in [0.3, 0.4) is 0 Å². The lowest BCUT2D eigenvalue weighted by Gasteiger charge is -2.14. The van der Waals surface area contributed by atoms with Crippen molar-refractivity contribution in [3.8, 4) is 28.3 Å². The third-order valence-electron chi connectivity index (χ3n) is 7.02. The fourth-order valence-corrected chi connectivity index (χ4v) is 4.70. The Bertz CT molecular complexity index is 1940. The fraction of sp³-hybridized carbons (Fsp3) is 0.114. The summed E-state index contributed by atoms with van der Waals surface area (Å²) in [5.41, 5.74) is 18.8. The van der Waals surface area contributed by atoms with Gasteiger partial charge in [0.2, 0.25) is 5.91 Å². The van der Waals surface area contributed by atoms with Crippen LogP contribution in [0, 0.1) is 0 Å². The number of hydrogen-bond donors (Lipinski definition) is 2. The van der Waals surface area contributed by atoms with Gasteiger partial charge in [-0.05, 0) is 71.6 Å². The monoisotopic (exact) mass is 627 g/mol. The van der Waals surface area contributed by atoms with E-state index in [4.69, 9.17) is 20.7 Å². The third-order valence-corrected chi connectivity index (χ3v) is 7.02. The van der Waals surface area contributed by atoms with Crippen molar-refractivity contribution in [2.24, 2.45) is 10.8 Å². The van der Waals surface area contributed by atoms with Crippen LogP contribution >= 0.6 is 0 Å². The number of esters is 1. The van der Waals surface area contributed by atoms with E-state index in [1.165, 1.54) is 0 Å². The van der Waals surface area contributed by atoms with Crippen LogP contribution < -0.4 is 15.8 Å². The topological polar surface area (TPSA) is 182 Å². The predicted molar refractivity (Wildman–Crippen MR) is 175 cm³/mol. The second-order valence-corrected chi connectivity index (χ2v) is 10.2. The summed E-state index contributed by atoms with van der Waals surface area (Å²) < 4.78 is 10.8. The van der Waals surface area contributed by atoms with Crippen molar-refractivity contribution >= 4 is 23.5 Å². The van der Waals surface area contributed by atoms with E-state index < -0.39 is 18.6 Å². The maximum Gasteiger partial charge on any atom is 0.338 e. The van der Waals surface area contributed by atoms with Crippen LogP contribution in [-0.4, -0.2) is 34.7 Å². The molecule has 234 valence electrons. The summed E-state index contributed by atoms with van der Waals surface area (Å²) in [6.45, 7) is -0.0276.